The Morgan fingerprint density at radius 3 is 2.75 bits per heavy atom. The zero-order valence-electron chi connectivity index (χ0n) is 19.0. The number of hydrogen-bond donors (Lipinski definition) is 1. The summed E-state index contributed by atoms with van der Waals surface area (Å²) in [5, 5.41) is 13.2. The maximum Gasteiger partial charge on any atom is 0.410 e. The van der Waals surface area contributed by atoms with Crippen molar-refractivity contribution in [2.45, 2.75) is 65.5 Å². The van der Waals surface area contributed by atoms with E-state index < -0.39 is 17.7 Å². The van der Waals surface area contributed by atoms with Crippen molar-refractivity contribution in [2.24, 2.45) is 0 Å². The molecule has 1 N–H and O–H groups in total. The number of nitrogens with zero attached hydrogens (tertiary/aromatic N) is 2. The molecule has 0 bridgehead atoms. The predicted octanol–water partition coefficient (Wildman–Crippen LogP) is 5.56. The average molecular weight is 457 g/mol. The van der Waals surface area contributed by atoms with Crippen LogP contribution in [0.4, 0.5) is 4.79 Å². The molecule has 2 aromatic heterocycles. The number of phenols is 1. The third-order valence-corrected chi connectivity index (χ3v) is 6.49. The highest BCUT2D eigenvalue weighted by atomic mass is 32.1. The van der Waals surface area contributed by atoms with Crippen LogP contribution < -0.4 is 5.43 Å². The van der Waals surface area contributed by atoms with Crippen LogP contribution in [-0.2, 0) is 11.2 Å². The molecule has 1 saturated heterocycles. The lowest BCUT2D eigenvalue weighted by Crippen LogP contribution is -2.36. The van der Waals surface area contributed by atoms with E-state index in [1.165, 1.54) is 17.4 Å². The van der Waals surface area contributed by atoms with Gasteiger partial charge in [-0.2, -0.15) is 0 Å². The van der Waals surface area contributed by atoms with E-state index in [0.29, 0.717) is 52.3 Å². The maximum atomic E-state index is 13.7. The normalized spacial score (nSPS) is 16.7. The predicted molar refractivity (Wildman–Crippen MR) is 124 cm³/mol. The van der Waals surface area contributed by atoms with Gasteiger partial charge in [-0.15, -0.1) is 11.3 Å². The maximum absolute atomic E-state index is 13.7. The van der Waals surface area contributed by atoms with E-state index in [1.807, 2.05) is 40.0 Å². The highest BCUT2D eigenvalue weighted by Gasteiger charge is 2.37. The molecule has 0 saturated carbocycles. The number of thiazole rings is 1. The van der Waals surface area contributed by atoms with Gasteiger partial charge in [-0.25, -0.2) is 9.78 Å². The summed E-state index contributed by atoms with van der Waals surface area (Å²) in [4.78, 5) is 32.8. The molecular weight excluding hydrogens is 428 g/mol. The molecule has 0 unspecified atom stereocenters. The Morgan fingerprint density at radius 2 is 2.12 bits per heavy atom. The van der Waals surface area contributed by atoms with Gasteiger partial charge in [0.2, 0.25) is 5.43 Å². The van der Waals surface area contributed by atoms with Crippen LogP contribution in [0.15, 0.2) is 26.7 Å². The monoisotopic (exact) mass is 456 g/mol. The lowest BCUT2D eigenvalue weighted by Gasteiger charge is -2.28. The fourth-order valence-corrected chi connectivity index (χ4v) is 4.90. The molecule has 1 aliphatic rings. The van der Waals surface area contributed by atoms with Crippen LogP contribution in [0, 0.1) is 6.92 Å². The van der Waals surface area contributed by atoms with E-state index in [-0.39, 0.29) is 11.2 Å². The molecule has 1 atom stereocenters. The topological polar surface area (TPSA) is 92.9 Å². The summed E-state index contributed by atoms with van der Waals surface area (Å²) in [5.74, 6) is 0.478. The molecule has 1 aliphatic heterocycles. The molecule has 1 fully saturated rings. The Bertz CT molecular complexity index is 1240. The Hall–Kier alpha value is -2.87. The molecule has 7 nitrogen and oxygen atoms in total. The molecule has 8 heteroatoms. The Labute approximate surface area is 190 Å². The summed E-state index contributed by atoms with van der Waals surface area (Å²) in [5.41, 5.74) is 1.32. The molecule has 0 radical (unpaired) electrons. The van der Waals surface area contributed by atoms with E-state index in [1.54, 1.807) is 11.0 Å². The number of benzene rings is 1. The van der Waals surface area contributed by atoms with Crippen molar-refractivity contribution >= 4 is 28.4 Å². The van der Waals surface area contributed by atoms with Crippen LogP contribution in [0.3, 0.4) is 0 Å². The van der Waals surface area contributed by atoms with E-state index in [0.717, 1.165) is 12.1 Å². The number of hydrogen-bond acceptors (Lipinski definition) is 7. The highest BCUT2D eigenvalue weighted by Crippen LogP contribution is 2.40. The fraction of sp³-hybridized carbons (Fsp3) is 0.458. The van der Waals surface area contributed by atoms with Crippen LogP contribution in [0.2, 0.25) is 0 Å². The minimum absolute atomic E-state index is 0.0855. The molecular formula is C24H28N2O5S. The first-order valence-electron chi connectivity index (χ1n) is 10.8. The Balaban J connectivity index is 1.93. The number of amides is 1. The van der Waals surface area contributed by atoms with Crippen molar-refractivity contribution in [1.82, 2.24) is 9.88 Å². The summed E-state index contributed by atoms with van der Waals surface area (Å²) in [6, 6.07) is 2.72. The summed E-state index contributed by atoms with van der Waals surface area (Å²) in [6.07, 6.45) is 1.56. The fourth-order valence-electron chi connectivity index (χ4n) is 4.06. The zero-order chi connectivity index (χ0) is 23.2. The van der Waals surface area contributed by atoms with Gasteiger partial charge in [0.25, 0.3) is 0 Å². The second-order valence-electron chi connectivity index (χ2n) is 9.13. The number of carbonyl (C=O) groups is 1. The molecule has 4 rings (SSSR count). The Morgan fingerprint density at radius 1 is 1.38 bits per heavy atom. The zero-order valence-corrected chi connectivity index (χ0v) is 19.8. The molecule has 0 spiro atoms. The van der Waals surface area contributed by atoms with Gasteiger partial charge in [-0.05, 0) is 58.6 Å². The van der Waals surface area contributed by atoms with Crippen molar-refractivity contribution in [2.75, 3.05) is 6.54 Å². The van der Waals surface area contributed by atoms with Gasteiger partial charge in [0, 0.05) is 23.7 Å². The number of phenolic OH excluding ortho intramolecular Hbond substituents is 1. The van der Waals surface area contributed by atoms with Crippen molar-refractivity contribution < 1.29 is 19.1 Å². The van der Waals surface area contributed by atoms with Crippen LogP contribution in [0.1, 0.15) is 63.6 Å². The number of likely N-dealkylation sites (tertiary alicyclic amines) is 1. The van der Waals surface area contributed by atoms with Crippen LogP contribution >= 0.6 is 11.3 Å². The lowest BCUT2D eigenvalue weighted by molar-refractivity contribution is 0.0209. The van der Waals surface area contributed by atoms with Crippen molar-refractivity contribution in [1.29, 1.82) is 0 Å². The van der Waals surface area contributed by atoms with Gasteiger partial charge in [0.05, 0.1) is 17.0 Å². The van der Waals surface area contributed by atoms with E-state index in [9.17, 15) is 14.7 Å². The molecule has 32 heavy (non-hydrogen) atoms. The standard InChI is InChI=1S/C24H28N2O5S/c1-6-14-10-15-18(11-17(14)27)30-21(19(20(15)28)22-25-13(2)12-32-22)16-8-7-9-26(16)23(29)31-24(3,4)5/h10-12,16,27H,6-9H2,1-5H3/t16-/m0/s1. The highest BCUT2D eigenvalue weighted by molar-refractivity contribution is 7.13. The van der Waals surface area contributed by atoms with Crippen molar-refractivity contribution in [3.05, 3.63) is 44.8 Å². The minimum Gasteiger partial charge on any atom is -0.508 e. The number of carbonyl (C=O) groups excluding carboxylic acids is 1. The third-order valence-electron chi connectivity index (χ3n) is 5.52. The molecule has 0 aliphatic carbocycles. The summed E-state index contributed by atoms with van der Waals surface area (Å²) >= 11 is 1.38. The van der Waals surface area contributed by atoms with Crippen molar-refractivity contribution in [3.63, 3.8) is 0 Å². The first kappa shape index (κ1) is 22.3. The van der Waals surface area contributed by atoms with Crippen molar-refractivity contribution in [3.8, 4) is 16.3 Å². The summed E-state index contributed by atoms with van der Waals surface area (Å²) in [6.45, 7) is 9.77. The minimum atomic E-state index is -0.633. The number of rotatable bonds is 3. The average Bonchev–Trinajstić information content (AvgIpc) is 3.35. The largest absolute Gasteiger partial charge is 0.508 e. The SMILES string of the molecule is CCc1cc2c(=O)c(-c3nc(C)cs3)c([C@@H]3CCCN3C(=O)OC(C)(C)C)oc2cc1O. The van der Waals surface area contributed by atoms with Gasteiger partial charge in [0.1, 0.15) is 27.7 Å². The van der Waals surface area contributed by atoms with E-state index >= 15 is 0 Å². The number of aromatic nitrogens is 1. The number of aromatic hydroxyl groups is 1. The second kappa shape index (κ2) is 8.24. The van der Waals surface area contributed by atoms with Gasteiger partial charge >= 0.3 is 6.09 Å². The lowest BCUT2D eigenvalue weighted by atomic mass is 10.0. The number of fused-ring (bicyclic) bond motifs is 1. The number of ether oxygens (including phenoxy) is 1. The van der Waals surface area contributed by atoms with E-state index in [4.69, 9.17) is 9.15 Å². The molecule has 1 amide bonds. The van der Waals surface area contributed by atoms with Gasteiger partial charge < -0.3 is 14.3 Å². The van der Waals surface area contributed by atoms with Gasteiger partial charge in [0.15, 0.2) is 0 Å². The van der Waals surface area contributed by atoms with Crippen LogP contribution in [-0.4, -0.2) is 33.2 Å². The third kappa shape index (κ3) is 4.11. The number of aryl methyl sites for hydroxylation is 2. The van der Waals surface area contributed by atoms with Gasteiger partial charge in [-0.1, -0.05) is 6.92 Å². The second-order valence-corrected chi connectivity index (χ2v) is 9.98. The van der Waals surface area contributed by atoms with Gasteiger partial charge in [-0.3, -0.25) is 9.69 Å². The van der Waals surface area contributed by atoms with E-state index in [2.05, 4.69) is 4.98 Å². The molecule has 3 aromatic rings. The summed E-state index contributed by atoms with van der Waals surface area (Å²) < 4.78 is 11.9. The van der Waals surface area contributed by atoms with Crippen LogP contribution in [0.5, 0.6) is 5.75 Å². The Kier molecular flexibility index (Phi) is 5.75. The first-order valence-corrected chi connectivity index (χ1v) is 11.7. The smallest absolute Gasteiger partial charge is 0.410 e. The molecule has 1 aromatic carbocycles. The molecule has 3 heterocycles. The summed E-state index contributed by atoms with van der Waals surface area (Å²) in [7, 11) is 0. The quantitative estimate of drug-likeness (QED) is 0.554. The first-order chi connectivity index (χ1) is 15.1. The molecule has 170 valence electrons. The van der Waals surface area contributed by atoms with Crippen LogP contribution in [0.25, 0.3) is 21.5 Å².